The van der Waals surface area contributed by atoms with Crippen molar-refractivity contribution >= 4 is 0 Å². The van der Waals surface area contributed by atoms with Crippen molar-refractivity contribution in [3.8, 4) is 0 Å². The van der Waals surface area contributed by atoms with Gasteiger partial charge in [0.2, 0.25) is 0 Å². The minimum Gasteiger partial charge on any atom is -0.317 e. The van der Waals surface area contributed by atoms with Crippen LogP contribution in [0.1, 0.15) is 24.6 Å². The van der Waals surface area contributed by atoms with Gasteiger partial charge in [-0.05, 0) is 32.0 Å². The molecular weight excluding hydrogens is 202 g/mol. The highest BCUT2D eigenvalue weighted by atomic mass is 15.2. The van der Waals surface area contributed by atoms with E-state index < -0.39 is 0 Å². The normalized spacial score (nSPS) is 28.4. The van der Waals surface area contributed by atoms with Crippen LogP contribution in [0.3, 0.4) is 0 Å². The highest BCUT2D eigenvalue weighted by Crippen LogP contribution is 2.34. The van der Waals surface area contributed by atoms with Gasteiger partial charge in [0.05, 0.1) is 11.7 Å². The van der Waals surface area contributed by atoms with Crippen LogP contribution in [0.4, 0.5) is 0 Å². The molecule has 2 fully saturated rings. The number of nitrogens with zero attached hydrogens (tertiary/aromatic N) is 2. The summed E-state index contributed by atoms with van der Waals surface area (Å²) >= 11 is 0. The van der Waals surface area contributed by atoms with Crippen LogP contribution in [0.5, 0.6) is 0 Å². The van der Waals surface area contributed by atoms with Crippen molar-refractivity contribution in [3.63, 3.8) is 0 Å². The van der Waals surface area contributed by atoms with Gasteiger partial charge >= 0.3 is 0 Å². The van der Waals surface area contributed by atoms with E-state index in [2.05, 4.69) is 25.9 Å². The fraction of sp³-hybridized carbons (Fsp3) is 0.636. The van der Waals surface area contributed by atoms with Gasteiger partial charge in [-0.1, -0.05) is 0 Å². The molecule has 1 atom stereocenters. The van der Waals surface area contributed by atoms with Crippen LogP contribution in [0.25, 0.3) is 0 Å². The third-order valence-corrected chi connectivity index (χ3v) is 3.70. The molecule has 16 heavy (non-hydrogen) atoms. The van der Waals surface area contributed by atoms with Crippen LogP contribution in [-0.2, 0) is 0 Å². The number of aromatic nitrogens is 2. The highest BCUT2D eigenvalue weighted by Gasteiger charge is 2.44. The smallest absolute Gasteiger partial charge is 0.115 e. The van der Waals surface area contributed by atoms with Gasteiger partial charge in [0, 0.05) is 18.4 Å². The minimum atomic E-state index is 0.180. The zero-order chi connectivity index (χ0) is 10.8. The van der Waals surface area contributed by atoms with Gasteiger partial charge in [0.25, 0.3) is 0 Å². The van der Waals surface area contributed by atoms with E-state index in [0.717, 1.165) is 38.3 Å². The molecule has 86 valence electrons. The van der Waals surface area contributed by atoms with Crippen molar-refractivity contribution in [2.24, 2.45) is 0 Å². The van der Waals surface area contributed by atoms with Crippen molar-refractivity contribution in [1.82, 2.24) is 25.9 Å². The summed E-state index contributed by atoms with van der Waals surface area (Å²) in [5, 5.41) is 10.5. The van der Waals surface area contributed by atoms with E-state index in [1.54, 1.807) is 6.33 Å². The fourth-order valence-corrected chi connectivity index (χ4v) is 2.82. The summed E-state index contributed by atoms with van der Waals surface area (Å²) in [4.78, 5) is 8.35. The molecule has 2 aliphatic heterocycles. The first-order valence-corrected chi connectivity index (χ1v) is 5.86. The number of hydrogen-bond donors (Lipinski definition) is 3. The summed E-state index contributed by atoms with van der Waals surface area (Å²) in [5.74, 6) is 0. The van der Waals surface area contributed by atoms with Gasteiger partial charge in [0.1, 0.15) is 6.33 Å². The maximum Gasteiger partial charge on any atom is 0.115 e. The molecule has 0 aromatic carbocycles. The molecule has 0 saturated carbocycles. The first kappa shape index (κ1) is 10.1. The molecule has 1 spiro atoms. The molecule has 1 unspecified atom stereocenters. The van der Waals surface area contributed by atoms with Gasteiger partial charge < -0.3 is 5.32 Å². The first-order valence-electron chi connectivity index (χ1n) is 5.86. The molecule has 3 heterocycles. The molecule has 3 rings (SSSR count). The van der Waals surface area contributed by atoms with Crippen LogP contribution in [0.15, 0.2) is 18.6 Å². The standard InChI is InChI=1S/C11H17N5/c1-4-13-7-14-9(1)10-11(16-8-15-10)2-5-12-6-3-11/h1,4,7,10,12,15-16H,2-3,5-6,8H2. The Labute approximate surface area is 95.1 Å². The second-order valence-electron chi connectivity index (χ2n) is 4.53. The summed E-state index contributed by atoms with van der Waals surface area (Å²) in [6.45, 7) is 3.03. The second kappa shape index (κ2) is 4.08. The number of hydrogen-bond acceptors (Lipinski definition) is 5. The van der Waals surface area contributed by atoms with Crippen molar-refractivity contribution in [2.75, 3.05) is 19.8 Å². The maximum atomic E-state index is 4.38. The monoisotopic (exact) mass is 219 g/mol. The van der Waals surface area contributed by atoms with Crippen LogP contribution in [0, 0.1) is 0 Å². The minimum absolute atomic E-state index is 0.180. The molecule has 1 aromatic rings. The molecule has 5 nitrogen and oxygen atoms in total. The topological polar surface area (TPSA) is 61.9 Å². The SMILES string of the molecule is c1cc(C2NCNC23CCNCC3)ncn1. The summed E-state index contributed by atoms with van der Waals surface area (Å²) in [7, 11) is 0. The molecule has 3 N–H and O–H groups in total. The highest BCUT2D eigenvalue weighted by molar-refractivity contribution is 5.17. The molecule has 2 saturated heterocycles. The average Bonchev–Trinajstić information content (AvgIpc) is 2.75. The summed E-state index contributed by atoms with van der Waals surface area (Å²) in [6.07, 6.45) is 5.74. The molecule has 0 radical (unpaired) electrons. The van der Waals surface area contributed by atoms with E-state index in [1.807, 2.05) is 12.3 Å². The Morgan fingerprint density at radius 2 is 2.19 bits per heavy atom. The molecule has 2 aliphatic rings. The molecule has 1 aromatic heterocycles. The van der Waals surface area contributed by atoms with Gasteiger partial charge in [0.15, 0.2) is 0 Å². The Hall–Kier alpha value is -1.04. The third kappa shape index (κ3) is 1.61. The van der Waals surface area contributed by atoms with Crippen LogP contribution < -0.4 is 16.0 Å². The Morgan fingerprint density at radius 1 is 1.31 bits per heavy atom. The zero-order valence-corrected chi connectivity index (χ0v) is 9.24. The Morgan fingerprint density at radius 3 is 2.94 bits per heavy atom. The Kier molecular flexibility index (Phi) is 2.59. The fourth-order valence-electron chi connectivity index (χ4n) is 2.82. The molecule has 0 aliphatic carbocycles. The molecular formula is C11H17N5. The van der Waals surface area contributed by atoms with Crippen molar-refractivity contribution in [2.45, 2.75) is 24.4 Å². The van der Waals surface area contributed by atoms with E-state index in [1.165, 1.54) is 0 Å². The summed E-state index contributed by atoms with van der Waals surface area (Å²) < 4.78 is 0. The summed E-state index contributed by atoms with van der Waals surface area (Å²) in [6, 6.07) is 2.33. The van der Waals surface area contributed by atoms with Gasteiger partial charge in [-0.25, -0.2) is 9.97 Å². The van der Waals surface area contributed by atoms with E-state index in [0.29, 0.717) is 6.04 Å². The van der Waals surface area contributed by atoms with Gasteiger partial charge in [-0.3, -0.25) is 10.6 Å². The van der Waals surface area contributed by atoms with Crippen LogP contribution in [0.2, 0.25) is 0 Å². The Balaban J connectivity index is 1.89. The van der Waals surface area contributed by atoms with Crippen molar-refractivity contribution in [3.05, 3.63) is 24.3 Å². The average molecular weight is 219 g/mol. The lowest BCUT2D eigenvalue weighted by atomic mass is 9.81. The zero-order valence-electron chi connectivity index (χ0n) is 9.24. The second-order valence-corrected chi connectivity index (χ2v) is 4.53. The molecule has 5 heteroatoms. The first-order chi connectivity index (χ1) is 7.91. The number of piperidine rings is 1. The maximum absolute atomic E-state index is 4.38. The van der Waals surface area contributed by atoms with Crippen molar-refractivity contribution in [1.29, 1.82) is 0 Å². The molecule has 0 bridgehead atoms. The van der Waals surface area contributed by atoms with Crippen LogP contribution >= 0.6 is 0 Å². The lowest BCUT2D eigenvalue weighted by Crippen LogP contribution is -2.52. The third-order valence-electron chi connectivity index (χ3n) is 3.70. The van der Waals surface area contributed by atoms with E-state index >= 15 is 0 Å². The van der Waals surface area contributed by atoms with Gasteiger partial charge in [-0.2, -0.15) is 0 Å². The predicted molar refractivity (Wildman–Crippen MR) is 60.7 cm³/mol. The van der Waals surface area contributed by atoms with E-state index in [4.69, 9.17) is 0 Å². The Bertz CT molecular complexity index is 347. The number of rotatable bonds is 1. The molecule has 0 amide bonds. The van der Waals surface area contributed by atoms with Crippen molar-refractivity contribution < 1.29 is 0 Å². The van der Waals surface area contributed by atoms with E-state index in [9.17, 15) is 0 Å². The van der Waals surface area contributed by atoms with Crippen LogP contribution in [-0.4, -0.2) is 35.3 Å². The largest absolute Gasteiger partial charge is 0.317 e. The summed E-state index contributed by atoms with van der Waals surface area (Å²) in [5.41, 5.74) is 1.28. The van der Waals surface area contributed by atoms with Gasteiger partial charge in [-0.15, -0.1) is 0 Å². The number of nitrogens with one attached hydrogen (secondary N) is 3. The lowest BCUT2D eigenvalue weighted by Gasteiger charge is -2.38. The predicted octanol–water partition coefficient (Wildman–Crippen LogP) is -0.210. The quantitative estimate of drug-likeness (QED) is 0.610. The lowest BCUT2D eigenvalue weighted by molar-refractivity contribution is 0.242. The van der Waals surface area contributed by atoms with E-state index in [-0.39, 0.29) is 5.54 Å².